The summed E-state index contributed by atoms with van der Waals surface area (Å²) in [5.74, 6) is 0.231. The van der Waals surface area contributed by atoms with Crippen LogP contribution in [0.15, 0.2) is 12.4 Å². The highest BCUT2D eigenvalue weighted by atomic mass is 16.5. The first-order valence-corrected chi connectivity index (χ1v) is 9.06. The predicted octanol–water partition coefficient (Wildman–Crippen LogP) is 0.0701. The van der Waals surface area contributed by atoms with Gasteiger partial charge >= 0.3 is 0 Å². The Kier molecular flexibility index (Phi) is 4.47. The number of amides is 2. The Balaban J connectivity index is 1.29. The van der Waals surface area contributed by atoms with Gasteiger partial charge < -0.3 is 20.3 Å². The van der Waals surface area contributed by atoms with Crippen LogP contribution in [0, 0.1) is 11.3 Å². The van der Waals surface area contributed by atoms with E-state index in [1.54, 1.807) is 22.0 Å². The van der Waals surface area contributed by atoms with E-state index in [0.717, 1.165) is 32.4 Å². The van der Waals surface area contributed by atoms with Crippen molar-refractivity contribution in [3.8, 4) is 0 Å². The summed E-state index contributed by atoms with van der Waals surface area (Å²) in [6.07, 6.45) is 6.50. The molecule has 2 saturated heterocycles. The lowest BCUT2D eigenvalue weighted by Gasteiger charge is -2.26. The molecule has 8 heteroatoms. The van der Waals surface area contributed by atoms with Crippen molar-refractivity contribution in [2.75, 3.05) is 44.7 Å². The first-order valence-electron chi connectivity index (χ1n) is 9.06. The number of carbonyl (C=O) groups is 2. The maximum Gasteiger partial charge on any atom is 0.244 e. The number of anilines is 1. The van der Waals surface area contributed by atoms with E-state index in [9.17, 15) is 9.59 Å². The molecule has 0 radical (unpaired) electrons. The molecule has 4 rings (SSSR count). The molecule has 0 bridgehead atoms. The third kappa shape index (κ3) is 3.55. The lowest BCUT2D eigenvalue weighted by atomic mass is 9.92. The number of piperidine rings is 1. The van der Waals surface area contributed by atoms with Crippen molar-refractivity contribution in [2.45, 2.75) is 25.8 Å². The molecule has 2 aliphatic heterocycles. The van der Waals surface area contributed by atoms with Crippen LogP contribution in [0.3, 0.4) is 0 Å². The second kappa shape index (κ2) is 6.76. The third-order valence-electron chi connectivity index (χ3n) is 5.67. The van der Waals surface area contributed by atoms with E-state index in [1.165, 1.54) is 0 Å². The maximum absolute atomic E-state index is 12.5. The lowest BCUT2D eigenvalue weighted by Crippen LogP contribution is -2.42. The van der Waals surface area contributed by atoms with Gasteiger partial charge in [0, 0.05) is 25.2 Å². The SMILES string of the molecule is O=C(Nc1cnn(CC(=O)N2CCOCC2)c1)C1CC12CCNCC2. The topological polar surface area (TPSA) is 88.5 Å². The quantitative estimate of drug-likeness (QED) is 0.805. The molecule has 1 aromatic rings. The zero-order valence-corrected chi connectivity index (χ0v) is 14.4. The molecule has 1 aliphatic carbocycles. The first kappa shape index (κ1) is 16.5. The Bertz CT molecular complexity index is 646. The number of hydrogen-bond donors (Lipinski definition) is 2. The number of morpholine rings is 1. The van der Waals surface area contributed by atoms with Crippen LogP contribution in [0.5, 0.6) is 0 Å². The minimum atomic E-state index is 0.0279. The summed E-state index contributed by atoms with van der Waals surface area (Å²) < 4.78 is 6.84. The van der Waals surface area contributed by atoms with Crippen LogP contribution in [0.25, 0.3) is 0 Å². The first-order chi connectivity index (χ1) is 12.2. The van der Waals surface area contributed by atoms with E-state index in [-0.39, 0.29) is 29.7 Å². The molecule has 3 fully saturated rings. The molecule has 1 aromatic heterocycles. The van der Waals surface area contributed by atoms with Crippen molar-refractivity contribution in [2.24, 2.45) is 11.3 Å². The molecule has 1 spiro atoms. The molecule has 1 saturated carbocycles. The average Bonchev–Trinajstić information content (AvgIpc) is 3.14. The molecule has 25 heavy (non-hydrogen) atoms. The monoisotopic (exact) mass is 347 g/mol. The minimum absolute atomic E-state index is 0.0279. The van der Waals surface area contributed by atoms with Crippen LogP contribution in [0.4, 0.5) is 5.69 Å². The summed E-state index contributed by atoms with van der Waals surface area (Å²) in [5, 5.41) is 10.5. The number of carbonyl (C=O) groups excluding carboxylic acids is 2. The fraction of sp³-hybridized carbons (Fsp3) is 0.706. The van der Waals surface area contributed by atoms with E-state index in [2.05, 4.69) is 15.7 Å². The van der Waals surface area contributed by atoms with Gasteiger partial charge in [-0.05, 0) is 37.8 Å². The van der Waals surface area contributed by atoms with Gasteiger partial charge in [0.05, 0.1) is 25.1 Å². The standard InChI is InChI=1S/C17H25N5O3/c23-15(21-5-7-25-8-6-21)12-22-11-13(10-19-22)20-16(24)14-9-17(14)1-3-18-4-2-17/h10-11,14,18H,1-9,12H2,(H,20,24). The molecular weight excluding hydrogens is 322 g/mol. The van der Waals surface area contributed by atoms with E-state index in [1.807, 2.05) is 0 Å². The highest BCUT2D eigenvalue weighted by Crippen LogP contribution is 2.58. The number of rotatable bonds is 4. The summed E-state index contributed by atoms with van der Waals surface area (Å²) >= 11 is 0. The smallest absolute Gasteiger partial charge is 0.244 e. The van der Waals surface area contributed by atoms with Gasteiger partial charge in [0.15, 0.2) is 0 Å². The van der Waals surface area contributed by atoms with E-state index in [4.69, 9.17) is 4.74 Å². The van der Waals surface area contributed by atoms with Crippen LogP contribution in [-0.4, -0.2) is 65.9 Å². The van der Waals surface area contributed by atoms with Crippen molar-refractivity contribution < 1.29 is 14.3 Å². The molecule has 2 N–H and O–H groups in total. The van der Waals surface area contributed by atoms with E-state index < -0.39 is 0 Å². The van der Waals surface area contributed by atoms with E-state index >= 15 is 0 Å². The van der Waals surface area contributed by atoms with Crippen LogP contribution >= 0.6 is 0 Å². The van der Waals surface area contributed by atoms with Crippen molar-refractivity contribution in [1.82, 2.24) is 20.0 Å². The Labute approximate surface area is 146 Å². The van der Waals surface area contributed by atoms with Gasteiger partial charge in [-0.25, -0.2) is 0 Å². The summed E-state index contributed by atoms with van der Waals surface area (Å²) in [4.78, 5) is 26.5. The predicted molar refractivity (Wildman–Crippen MR) is 90.9 cm³/mol. The normalized spacial score (nSPS) is 25.0. The van der Waals surface area contributed by atoms with Crippen molar-refractivity contribution in [3.05, 3.63) is 12.4 Å². The fourth-order valence-corrected chi connectivity index (χ4v) is 3.99. The third-order valence-corrected chi connectivity index (χ3v) is 5.67. The number of hydrogen-bond acceptors (Lipinski definition) is 5. The van der Waals surface area contributed by atoms with Crippen LogP contribution in [0.1, 0.15) is 19.3 Å². The zero-order chi connectivity index (χ0) is 17.3. The average molecular weight is 347 g/mol. The number of nitrogens with zero attached hydrogens (tertiary/aromatic N) is 3. The van der Waals surface area contributed by atoms with Gasteiger partial charge in [-0.3, -0.25) is 14.3 Å². The van der Waals surface area contributed by atoms with Gasteiger partial charge in [-0.2, -0.15) is 5.10 Å². The second-order valence-electron chi connectivity index (χ2n) is 7.28. The number of ether oxygens (including phenoxy) is 1. The summed E-state index contributed by atoms with van der Waals surface area (Å²) in [6.45, 7) is 4.63. The molecule has 2 amide bonds. The van der Waals surface area contributed by atoms with Crippen LogP contribution in [-0.2, 0) is 20.9 Å². The van der Waals surface area contributed by atoms with Crippen molar-refractivity contribution >= 4 is 17.5 Å². The van der Waals surface area contributed by atoms with Gasteiger partial charge in [0.25, 0.3) is 0 Å². The minimum Gasteiger partial charge on any atom is -0.378 e. The Morgan fingerprint density at radius 3 is 2.84 bits per heavy atom. The van der Waals surface area contributed by atoms with E-state index in [0.29, 0.717) is 32.0 Å². The highest BCUT2D eigenvalue weighted by Gasteiger charge is 2.57. The number of nitrogens with one attached hydrogen (secondary N) is 2. The molecule has 136 valence electrons. The Hall–Kier alpha value is -1.93. The van der Waals surface area contributed by atoms with Crippen LogP contribution in [0.2, 0.25) is 0 Å². The molecule has 1 atom stereocenters. The molecule has 1 unspecified atom stereocenters. The maximum atomic E-state index is 12.5. The summed E-state index contributed by atoms with van der Waals surface area (Å²) in [6, 6.07) is 0. The van der Waals surface area contributed by atoms with Gasteiger partial charge in [0.1, 0.15) is 6.54 Å². The summed E-state index contributed by atoms with van der Waals surface area (Å²) in [5.41, 5.74) is 0.883. The molecule has 3 heterocycles. The zero-order valence-electron chi connectivity index (χ0n) is 14.4. The fourth-order valence-electron chi connectivity index (χ4n) is 3.99. The molecule has 3 aliphatic rings. The largest absolute Gasteiger partial charge is 0.378 e. The molecular formula is C17H25N5O3. The molecule has 8 nitrogen and oxygen atoms in total. The van der Waals surface area contributed by atoms with Crippen LogP contribution < -0.4 is 10.6 Å². The van der Waals surface area contributed by atoms with Crippen molar-refractivity contribution in [3.63, 3.8) is 0 Å². The van der Waals surface area contributed by atoms with Crippen molar-refractivity contribution in [1.29, 1.82) is 0 Å². The second-order valence-corrected chi connectivity index (χ2v) is 7.28. The van der Waals surface area contributed by atoms with Gasteiger partial charge in [0.2, 0.25) is 11.8 Å². The lowest BCUT2D eigenvalue weighted by molar-refractivity contribution is -0.136. The highest BCUT2D eigenvalue weighted by molar-refractivity contribution is 5.95. The Morgan fingerprint density at radius 2 is 2.08 bits per heavy atom. The number of aromatic nitrogens is 2. The van der Waals surface area contributed by atoms with Gasteiger partial charge in [-0.1, -0.05) is 0 Å². The van der Waals surface area contributed by atoms with Gasteiger partial charge in [-0.15, -0.1) is 0 Å². The summed E-state index contributed by atoms with van der Waals surface area (Å²) in [7, 11) is 0. The molecule has 0 aromatic carbocycles. The Morgan fingerprint density at radius 1 is 1.32 bits per heavy atom.